The average Bonchev–Trinajstić information content (AvgIpc) is 2.19. The van der Waals surface area contributed by atoms with Gasteiger partial charge in [-0.1, -0.05) is 20.8 Å². The zero-order chi connectivity index (χ0) is 15.3. The minimum Gasteiger partial charge on any atom is -0.387 e. The van der Waals surface area contributed by atoms with Crippen molar-refractivity contribution < 1.29 is 14.7 Å². The van der Waals surface area contributed by atoms with Gasteiger partial charge in [-0.2, -0.15) is 0 Å². The highest BCUT2D eigenvalue weighted by Crippen LogP contribution is 2.11. The van der Waals surface area contributed by atoms with E-state index in [1.54, 1.807) is 27.7 Å². The van der Waals surface area contributed by atoms with Crippen LogP contribution >= 0.6 is 0 Å². The summed E-state index contributed by atoms with van der Waals surface area (Å²) in [5.74, 6) is -0.487. The molecule has 0 aliphatic carbocycles. The molecule has 0 aromatic heterocycles. The van der Waals surface area contributed by atoms with Crippen LogP contribution in [-0.2, 0) is 9.59 Å². The topological polar surface area (TPSA) is 81.7 Å². The van der Waals surface area contributed by atoms with Gasteiger partial charge in [-0.15, -0.1) is 0 Å². The molecule has 0 radical (unpaired) electrons. The van der Waals surface area contributed by atoms with Gasteiger partial charge < -0.3 is 20.6 Å². The summed E-state index contributed by atoms with van der Waals surface area (Å²) in [5, 5.41) is 15.2. The molecular weight excluding hydrogens is 246 g/mol. The molecule has 2 amide bonds. The number of nitrogens with one attached hydrogen (secondary N) is 2. The molecule has 6 nitrogen and oxygen atoms in total. The van der Waals surface area contributed by atoms with Crippen molar-refractivity contribution in [2.75, 3.05) is 33.7 Å². The molecule has 6 heteroatoms. The van der Waals surface area contributed by atoms with E-state index in [9.17, 15) is 14.7 Å². The van der Waals surface area contributed by atoms with Crippen LogP contribution in [0.1, 0.15) is 27.7 Å². The third-order valence-corrected chi connectivity index (χ3v) is 2.41. The van der Waals surface area contributed by atoms with Crippen molar-refractivity contribution in [2.24, 2.45) is 5.41 Å². The van der Waals surface area contributed by atoms with Gasteiger partial charge in [0.05, 0.1) is 12.1 Å². The van der Waals surface area contributed by atoms with Gasteiger partial charge in [0.1, 0.15) is 0 Å². The Bertz CT molecular complexity index is 320. The summed E-state index contributed by atoms with van der Waals surface area (Å²) in [6.45, 7) is 7.51. The van der Waals surface area contributed by atoms with E-state index in [4.69, 9.17) is 0 Å². The normalized spacial score (nSPS) is 14.9. The first kappa shape index (κ1) is 17.9. The van der Waals surface area contributed by atoms with Crippen molar-refractivity contribution >= 4 is 11.8 Å². The second-order valence-corrected chi connectivity index (χ2v) is 6.44. The van der Waals surface area contributed by atoms with E-state index < -0.39 is 11.0 Å². The van der Waals surface area contributed by atoms with Gasteiger partial charge in [-0.05, 0) is 21.0 Å². The van der Waals surface area contributed by atoms with Crippen molar-refractivity contribution in [3.05, 3.63) is 0 Å². The molecule has 0 heterocycles. The number of hydrogen-bond donors (Lipinski definition) is 3. The fourth-order valence-electron chi connectivity index (χ4n) is 1.51. The fraction of sp³-hybridized carbons (Fsp3) is 0.846. The molecule has 0 aromatic carbocycles. The Balaban J connectivity index is 4.04. The zero-order valence-corrected chi connectivity index (χ0v) is 12.8. The molecule has 0 aromatic rings. The highest BCUT2D eigenvalue weighted by atomic mass is 16.3. The van der Waals surface area contributed by atoms with E-state index in [1.807, 2.05) is 19.0 Å². The molecule has 0 aliphatic heterocycles. The van der Waals surface area contributed by atoms with Gasteiger partial charge in [-0.25, -0.2) is 0 Å². The van der Waals surface area contributed by atoms with Crippen LogP contribution in [0.3, 0.4) is 0 Å². The molecule has 1 atom stereocenters. The van der Waals surface area contributed by atoms with E-state index in [0.29, 0.717) is 6.54 Å². The van der Waals surface area contributed by atoms with E-state index in [-0.39, 0.29) is 24.9 Å². The third-order valence-electron chi connectivity index (χ3n) is 2.41. The van der Waals surface area contributed by atoms with E-state index in [1.165, 1.54) is 0 Å². The highest BCUT2D eigenvalue weighted by molar-refractivity contribution is 5.87. The standard InChI is InChI=1S/C13H27N3O3/c1-12(2,3)11(18)14-7-10(17)15-8-13(4,19)9-16(5)6/h19H,7-9H2,1-6H3,(H,14,18)(H,15,17). The molecule has 3 N–H and O–H groups in total. The smallest absolute Gasteiger partial charge is 0.239 e. The monoisotopic (exact) mass is 273 g/mol. The maximum Gasteiger partial charge on any atom is 0.239 e. The van der Waals surface area contributed by atoms with E-state index in [2.05, 4.69) is 10.6 Å². The molecule has 112 valence electrons. The van der Waals surface area contributed by atoms with Crippen LogP contribution < -0.4 is 10.6 Å². The number of rotatable bonds is 6. The average molecular weight is 273 g/mol. The maximum atomic E-state index is 11.6. The van der Waals surface area contributed by atoms with Crippen LogP contribution in [0.2, 0.25) is 0 Å². The van der Waals surface area contributed by atoms with Gasteiger partial charge in [0.2, 0.25) is 11.8 Å². The van der Waals surface area contributed by atoms with Crippen molar-refractivity contribution in [2.45, 2.75) is 33.3 Å². The highest BCUT2D eigenvalue weighted by Gasteiger charge is 2.23. The van der Waals surface area contributed by atoms with Crippen molar-refractivity contribution in [3.63, 3.8) is 0 Å². The van der Waals surface area contributed by atoms with Gasteiger partial charge in [0, 0.05) is 18.5 Å². The first-order chi connectivity index (χ1) is 8.44. The Morgan fingerprint density at radius 3 is 2.05 bits per heavy atom. The van der Waals surface area contributed by atoms with Crippen LogP contribution in [0, 0.1) is 5.41 Å². The second-order valence-electron chi connectivity index (χ2n) is 6.44. The van der Waals surface area contributed by atoms with E-state index in [0.717, 1.165) is 0 Å². The first-order valence-corrected chi connectivity index (χ1v) is 6.36. The summed E-state index contributed by atoms with van der Waals surface area (Å²) in [5.41, 5.74) is -1.51. The summed E-state index contributed by atoms with van der Waals surface area (Å²) in [6.07, 6.45) is 0. The lowest BCUT2D eigenvalue weighted by atomic mass is 9.96. The third kappa shape index (κ3) is 8.56. The number of nitrogens with zero attached hydrogens (tertiary/aromatic N) is 1. The Morgan fingerprint density at radius 2 is 1.63 bits per heavy atom. The van der Waals surface area contributed by atoms with Crippen molar-refractivity contribution in [1.82, 2.24) is 15.5 Å². The van der Waals surface area contributed by atoms with Crippen LogP contribution in [0.5, 0.6) is 0 Å². The molecule has 0 rings (SSSR count). The molecular formula is C13H27N3O3. The number of hydrogen-bond acceptors (Lipinski definition) is 4. The Kier molecular flexibility index (Phi) is 6.45. The van der Waals surface area contributed by atoms with Gasteiger partial charge >= 0.3 is 0 Å². The largest absolute Gasteiger partial charge is 0.387 e. The summed E-state index contributed by atoms with van der Waals surface area (Å²) in [6, 6.07) is 0. The second kappa shape index (κ2) is 6.86. The van der Waals surface area contributed by atoms with Crippen LogP contribution in [0.15, 0.2) is 0 Å². The molecule has 0 fully saturated rings. The molecule has 0 saturated heterocycles. The van der Waals surface area contributed by atoms with Crippen LogP contribution in [0.25, 0.3) is 0 Å². The number of likely N-dealkylation sites (N-methyl/N-ethyl adjacent to an activating group) is 1. The summed E-state index contributed by atoms with van der Waals surface area (Å²) in [4.78, 5) is 25.0. The number of aliphatic hydroxyl groups is 1. The summed E-state index contributed by atoms with van der Waals surface area (Å²) in [7, 11) is 3.69. The Labute approximate surface area is 115 Å². The molecule has 1 unspecified atom stereocenters. The lowest BCUT2D eigenvalue weighted by Gasteiger charge is -2.27. The summed E-state index contributed by atoms with van der Waals surface area (Å²) < 4.78 is 0. The van der Waals surface area contributed by atoms with Gasteiger partial charge in [0.15, 0.2) is 0 Å². The Morgan fingerprint density at radius 1 is 1.11 bits per heavy atom. The number of carbonyl (C=O) groups is 2. The number of carbonyl (C=O) groups excluding carboxylic acids is 2. The first-order valence-electron chi connectivity index (χ1n) is 6.36. The zero-order valence-electron chi connectivity index (χ0n) is 12.8. The Hall–Kier alpha value is -1.14. The van der Waals surface area contributed by atoms with Gasteiger partial charge in [-0.3, -0.25) is 9.59 Å². The van der Waals surface area contributed by atoms with Gasteiger partial charge in [0.25, 0.3) is 0 Å². The molecule has 19 heavy (non-hydrogen) atoms. The van der Waals surface area contributed by atoms with E-state index >= 15 is 0 Å². The SMILES string of the molecule is CN(C)CC(C)(O)CNC(=O)CNC(=O)C(C)(C)C. The minimum atomic E-state index is -0.993. The van der Waals surface area contributed by atoms with Crippen LogP contribution in [0.4, 0.5) is 0 Å². The lowest BCUT2D eigenvalue weighted by molar-refractivity contribution is -0.131. The van der Waals surface area contributed by atoms with Crippen molar-refractivity contribution in [3.8, 4) is 0 Å². The molecule has 0 saturated carbocycles. The fourth-order valence-corrected chi connectivity index (χ4v) is 1.51. The molecule has 0 bridgehead atoms. The number of amides is 2. The summed E-state index contributed by atoms with van der Waals surface area (Å²) >= 11 is 0. The maximum absolute atomic E-state index is 11.6. The van der Waals surface area contributed by atoms with Crippen molar-refractivity contribution in [1.29, 1.82) is 0 Å². The molecule has 0 spiro atoms. The quantitative estimate of drug-likeness (QED) is 0.614. The predicted molar refractivity (Wildman–Crippen MR) is 74.7 cm³/mol. The molecule has 0 aliphatic rings. The minimum absolute atomic E-state index is 0.0753. The van der Waals surface area contributed by atoms with Crippen LogP contribution in [-0.4, -0.2) is 61.2 Å². The predicted octanol–water partition coefficient (Wildman–Crippen LogP) is -0.422. The lowest BCUT2D eigenvalue weighted by Crippen LogP contribution is -2.49.